The van der Waals surface area contributed by atoms with Crippen molar-refractivity contribution in [3.63, 3.8) is 0 Å². The smallest absolute Gasteiger partial charge is 0.128 e. The Morgan fingerprint density at radius 3 is 2.87 bits per heavy atom. The Hall–Kier alpha value is -1.13. The first-order valence-corrected chi connectivity index (χ1v) is 4.95. The second kappa shape index (κ2) is 5.68. The molecule has 84 valence electrons. The van der Waals surface area contributed by atoms with Crippen molar-refractivity contribution in [2.75, 3.05) is 32.2 Å². The number of aromatic nitrogens is 1. The van der Waals surface area contributed by atoms with Crippen LogP contribution in [-0.2, 0) is 4.74 Å². The van der Waals surface area contributed by atoms with Crippen molar-refractivity contribution < 1.29 is 9.84 Å². The van der Waals surface area contributed by atoms with Crippen molar-refractivity contribution in [1.29, 1.82) is 0 Å². The minimum absolute atomic E-state index is 0.343. The van der Waals surface area contributed by atoms with Gasteiger partial charge in [-0.1, -0.05) is 6.07 Å². The number of ether oxygens (including phenoxy) is 1. The molecule has 1 N–H and O–H groups in total. The van der Waals surface area contributed by atoms with Crippen LogP contribution < -0.4 is 4.90 Å². The number of aliphatic hydroxyl groups is 1. The summed E-state index contributed by atoms with van der Waals surface area (Å²) in [6.07, 6.45) is -0.484. The van der Waals surface area contributed by atoms with Gasteiger partial charge in [-0.15, -0.1) is 0 Å². The van der Waals surface area contributed by atoms with E-state index in [0.717, 1.165) is 11.5 Å². The van der Waals surface area contributed by atoms with Gasteiger partial charge in [0.25, 0.3) is 0 Å². The van der Waals surface area contributed by atoms with Crippen LogP contribution in [-0.4, -0.2) is 43.5 Å². The first-order valence-electron chi connectivity index (χ1n) is 4.95. The summed E-state index contributed by atoms with van der Waals surface area (Å²) in [6, 6.07) is 5.83. The number of aryl methyl sites for hydroxylation is 1. The summed E-state index contributed by atoms with van der Waals surface area (Å²) in [5.74, 6) is 0.866. The van der Waals surface area contributed by atoms with E-state index in [1.165, 1.54) is 0 Å². The van der Waals surface area contributed by atoms with Crippen LogP contribution in [0.1, 0.15) is 5.69 Å². The fourth-order valence-corrected chi connectivity index (χ4v) is 1.40. The third-order valence-electron chi connectivity index (χ3n) is 2.11. The van der Waals surface area contributed by atoms with Crippen LogP contribution in [0.3, 0.4) is 0 Å². The lowest BCUT2D eigenvalue weighted by molar-refractivity contribution is 0.0694. The molecule has 1 rings (SSSR count). The molecule has 4 heteroatoms. The van der Waals surface area contributed by atoms with Crippen molar-refractivity contribution in [3.05, 3.63) is 23.9 Å². The third kappa shape index (κ3) is 3.85. The van der Waals surface area contributed by atoms with E-state index in [1.807, 2.05) is 37.1 Å². The molecule has 1 heterocycles. The SMILES string of the molecule is COCC(O)CN(C)c1cccc(C)n1. The number of hydrogen-bond donors (Lipinski definition) is 1. The Bertz CT molecular complexity index is 304. The Morgan fingerprint density at radius 2 is 2.27 bits per heavy atom. The summed E-state index contributed by atoms with van der Waals surface area (Å²) >= 11 is 0. The summed E-state index contributed by atoms with van der Waals surface area (Å²) in [6.45, 7) is 2.81. The van der Waals surface area contributed by atoms with Crippen molar-refractivity contribution >= 4 is 5.82 Å². The zero-order chi connectivity index (χ0) is 11.3. The Balaban J connectivity index is 2.56. The van der Waals surface area contributed by atoms with Crippen LogP contribution in [0.15, 0.2) is 18.2 Å². The maximum absolute atomic E-state index is 9.56. The molecule has 0 saturated carbocycles. The van der Waals surface area contributed by atoms with E-state index in [9.17, 15) is 5.11 Å². The molecule has 0 fully saturated rings. The molecule has 0 bridgehead atoms. The van der Waals surface area contributed by atoms with Crippen LogP contribution in [0.2, 0.25) is 0 Å². The number of pyridine rings is 1. The van der Waals surface area contributed by atoms with E-state index >= 15 is 0 Å². The molecule has 0 aromatic carbocycles. The second-order valence-corrected chi connectivity index (χ2v) is 3.63. The van der Waals surface area contributed by atoms with E-state index in [4.69, 9.17) is 4.74 Å². The molecule has 0 aliphatic rings. The van der Waals surface area contributed by atoms with Crippen LogP contribution in [0, 0.1) is 6.92 Å². The Morgan fingerprint density at radius 1 is 1.53 bits per heavy atom. The average molecular weight is 210 g/mol. The molecule has 0 aliphatic carbocycles. The number of anilines is 1. The molecular weight excluding hydrogens is 192 g/mol. The zero-order valence-electron chi connectivity index (χ0n) is 9.47. The summed E-state index contributed by atoms with van der Waals surface area (Å²) < 4.78 is 4.87. The molecule has 0 spiro atoms. The van der Waals surface area contributed by atoms with Gasteiger partial charge in [-0.2, -0.15) is 0 Å². The van der Waals surface area contributed by atoms with E-state index in [-0.39, 0.29) is 0 Å². The van der Waals surface area contributed by atoms with Crippen molar-refractivity contribution in [2.45, 2.75) is 13.0 Å². The number of nitrogens with zero attached hydrogens (tertiary/aromatic N) is 2. The standard InChI is InChI=1S/C11H18N2O2/c1-9-5-4-6-11(12-9)13(2)7-10(14)8-15-3/h4-6,10,14H,7-8H2,1-3H3. The largest absolute Gasteiger partial charge is 0.389 e. The van der Waals surface area contributed by atoms with Crippen molar-refractivity contribution in [1.82, 2.24) is 4.98 Å². The summed E-state index contributed by atoms with van der Waals surface area (Å²) in [5, 5.41) is 9.56. The van der Waals surface area contributed by atoms with Gasteiger partial charge >= 0.3 is 0 Å². The molecule has 1 aromatic rings. The molecule has 1 aromatic heterocycles. The second-order valence-electron chi connectivity index (χ2n) is 3.63. The molecule has 4 nitrogen and oxygen atoms in total. The quantitative estimate of drug-likeness (QED) is 0.782. The zero-order valence-corrected chi connectivity index (χ0v) is 9.47. The predicted molar refractivity (Wildman–Crippen MR) is 60.1 cm³/mol. The Kier molecular flexibility index (Phi) is 4.52. The highest BCUT2D eigenvalue weighted by Crippen LogP contribution is 2.09. The van der Waals surface area contributed by atoms with Crippen molar-refractivity contribution in [2.24, 2.45) is 0 Å². The van der Waals surface area contributed by atoms with Gasteiger partial charge in [-0.3, -0.25) is 0 Å². The first-order chi connectivity index (χ1) is 7.13. The minimum atomic E-state index is -0.484. The first kappa shape index (κ1) is 11.9. The number of methoxy groups -OCH3 is 1. The topological polar surface area (TPSA) is 45.6 Å². The molecule has 0 radical (unpaired) electrons. The molecule has 1 atom stereocenters. The number of rotatable bonds is 5. The molecule has 0 saturated heterocycles. The highest BCUT2D eigenvalue weighted by Gasteiger charge is 2.09. The number of aliphatic hydroxyl groups excluding tert-OH is 1. The van der Waals surface area contributed by atoms with Crippen LogP contribution in [0.4, 0.5) is 5.82 Å². The van der Waals surface area contributed by atoms with Gasteiger partial charge < -0.3 is 14.7 Å². The highest BCUT2D eigenvalue weighted by molar-refractivity contribution is 5.38. The van der Waals surface area contributed by atoms with Gasteiger partial charge in [0.05, 0.1) is 12.7 Å². The van der Waals surface area contributed by atoms with Crippen LogP contribution in [0.5, 0.6) is 0 Å². The fourth-order valence-electron chi connectivity index (χ4n) is 1.40. The molecule has 0 aliphatic heterocycles. The van der Waals surface area contributed by atoms with E-state index in [1.54, 1.807) is 7.11 Å². The van der Waals surface area contributed by atoms with Gasteiger partial charge in [-0.05, 0) is 19.1 Å². The van der Waals surface area contributed by atoms with Gasteiger partial charge in [0.1, 0.15) is 5.82 Å². The Labute approximate surface area is 90.5 Å². The molecule has 1 unspecified atom stereocenters. The van der Waals surface area contributed by atoms with Gasteiger partial charge in [-0.25, -0.2) is 4.98 Å². The monoisotopic (exact) mass is 210 g/mol. The molecule has 0 amide bonds. The van der Waals surface area contributed by atoms with E-state index in [2.05, 4.69) is 4.98 Å². The van der Waals surface area contributed by atoms with E-state index < -0.39 is 6.10 Å². The average Bonchev–Trinajstić information content (AvgIpc) is 2.18. The van der Waals surface area contributed by atoms with Gasteiger partial charge in [0, 0.05) is 26.4 Å². The number of hydrogen-bond acceptors (Lipinski definition) is 4. The molecule has 15 heavy (non-hydrogen) atoms. The lowest BCUT2D eigenvalue weighted by Crippen LogP contribution is -2.32. The normalized spacial score (nSPS) is 12.5. The van der Waals surface area contributed by atoms with Crippen molar-refractivity contribution in [3.8, 4) is 0 Å². The number of likely N-dealkylation sites (N-methyl/N-ethyl adjacent to an activating group) is 1. The third-order valence-corrected chi connectivity index (χ3v) is 2.11. The van der Waals surface area contributed by atoms with Gasteiger partial charge in [0.2, 0.25) is 0 Å². The predicted octanol–water partition coefficient (Wildman–Crippen LogP) is 0.834. The maximum atomic E-state index is 9.56. The van der Waals surface area contributed by atoms with Gasteiger partial charge in [0.15, 0.2) is 0 Å². The maximum Gasteiger partial charge on any atom is 0.128 e. The highest BCUT2D eigenvalue weighted by atomic mass is 16.5. The summed E-state index contributed by atoms with van der Waals surface area (Å²) in [5.41, 5.74) is 0.973. The lowest BCUT2D eigenvalue weighted by atomic mass is 10.3. The van der Waals surface area contributed by atoms with Crippen LogP contribution in [0.25, 0.3) is 0 Å². The summed E-state index contributed by atoms with van der Waals surface area (Å²) in [7, 11) is 3.48. The fraction of sp³-hybridized carbons (Fsp3) is 0.545. The summed E-state index contributed by atoms with van der Waals surface area (Å²) in [4.78, 5) is 6.27. The van der Waals surface area contributed by atoms with E-state index in [0.29, 0.717) is 13.2 Å². The lowest BCUT2D eigenvalue weighted by Gasteiger charge is -2.21. The minimum Gasteiger partial charge on any atom is -0.389 e. The van der Waals surface area contributed by atoms with Crippen LogP contribution >= 0.6 is 0 Å². The molecular formula is C11H18N2O2.